The van der Waals surface area contributed by atoms with Gasteiger partial charge in [0.15, 0.2) is 17.3 Å². The molecule has 0 saturated heterocycles. The van der Waals surface area contributed by atoms with Gasteiger partial charge in [0, 0.05) is 24.8 Å². The fourth-order valence-electron chi connectivity index (χ4n) is 2.70. The smallest absolute Gasteiger partial charge is 0.249 e. The van der Waals surface area contributed by atoms with Crippen LogP contribution < -0.4 is 19.7 Å². The molecule has 1 aromatic heterocycles. The second kappa shape index (κ2) is 8.84. The van der Waals surface area contributed by atoms with Crippen LogP contribution in [0.15, 0.2) is 54.7 Å². The van der Waals surface area contributed by atoms with Crippen molar-refractivity contribution < 1.29 is 9.47 Å². The first-order chi connectivity index (χ1) is 13.2. The molecule has 0 amide bonds. The number of methoxy groups -OCH3 is 2. The first-order valence-electron chi connectivity index (χ1n) is 8.71. The zero-order valence-electron chi connectivity index (χ0n) is 15.7. The molecule has 1 N–H and O–H groups in total. The topological polar surface area (TPSA) is 72.4 Å². The Morgan fingerprint density at radius 2 is 1.78 bits per heavy atom. The van der Waals surface area contributed by atoms with Gasteiger partial charge in [0.1, 0.15) is 0 Å². The molecule has 7 heteroatoms. The van der Waals surface area contributed by atoms with Crippen LogP contribution in [0, 0.1) is 0 Å². The monoisotopic (exact) mass is 365 g/mol. The maximum atomic E-state index is 5.33. The summed E-state index contributed by atoms with van der Waals surface area (Å²) in [6.45, 7) is 3.65. The van der Waals surface area contributed by atoms with E-state index in [1.165, 1.54) is 5.56 Å². The minimum atomic E-state index is 0.422. The third-order valence-corrected chi connectivity index (χ3v) is 4.11. The number of benzene rings is 2. The van der Waals surface area contributed by atoms with Gasteiger partial charge in [-0.15, -0.1) is 5.10 Å². The fraction of sp³-hybridized carbons (Fsp3) is 0.250. The lowest BCUT2D eigenvalue weighted by Crippen LogP contribution is -2.23. The number of anilines is 3. The maximum absolute atomic E-state index is 5.33. The van der Waals surface area contributed by atoms with Crippen molar-refractivity contribution in [1.82, 2.24) is 15.2 Å². The standard InChI is InChI=1S/C20H23N5O2/c1-4-25(14-15-8-6-5-7-9-15)19-13-21-24-20(23-19)22-16-10-11-17(26-2)18(12-16)27-3/h5-13H,4,14H2,1-3H3,(H,22,23,24). The number of rotatable bonds is 8. The molecule has 0 radical (unpaired) electrons. The predicted octanol–water partition coefficient (Wildman–Crippen LogP) is 3.66. The Labute approximate surface area is 159 Å². The van der Waals surface area contributed by atoms with Gasteiger partial charge in [-0.25, -0.2) is 0 Å². The Kier molecular flexibility index (Phi) is 6.04. The zero-order valence-corrected chi connectivity index (χ0v) is 15.7. The summed E-state index contributed by atoms with van der Waals surface area (Å²) >= 11 is 0. The van der Waals surface area contributed by atoms with E-state index >= 15 is 0 Å². The van der Waals surface area contributed by atoms with Crippen molar-refractivity contribution in [1.29, 1.82) is 0 Å². The highest BCUT2D eigenvalue weighted by Gasteiger charge is 2.10. The van der Waals surface area contributed by atoms with Gasteiger partial charge in [0.05, 0.1) is 20.4 Å². The Morgan fingerprint density at radius 1 is 1.00 bits per heavy atom. The highest BCUT2D eigenvalue weighted by Crippen LogP contribution is 2.30. The molecule has 1 heterocycles. The normalized spacial score (nSPS) is 10.3. The van der Waals surface area contributed by atoms with Gasteiger partial charge < -0.3 is 19.7 Å². The molecule has 0 spiro atoms. The first kappa shape index (κ1) is 18.4. The van der Waals surface area contributed by atoms with E-state index in [1.807, 2.05) is 36.4 Å². The minimum Gasteiger partial charge on any atom is -0.493 e. The molecule has 0 aliphatic carbocycles. The van der Waals surface area contributed by atoms with Crippen molar-refractivity contribution in [2.75, 3.05) is 31.0 Å². The van der Waals surface area contributed by atoms with Crippen LogP contribution >= 0.6 is 0 Å². The van der Waals surface area contributed by atoms with Crippen LogP contribution in [0.2, 0.25) is 0 Å². The van der Waals surface area contributed by atoms with E-state index in [4.69, 9.17) is 9.47 Å². The number of ether oxygens (including phenoxy) is 2. The van der Waals surface area contributed by atoms with Gasteiger partial charge in [-0.3, -0.25) is 0 Å². The van der Waals surface area contributed by atoms with Crippen LogP contribution in [0.1, 0.15) is 12.5 Å². The maximum Gasteiger partial charge on any atom is 0.249 e. The molecule has 0 aliphatic heterocycles. The van der Waals surface area contributed by atoms with Gasteiger partial charge in [-0.2, -0.15) is 10.1 Å². The molecular formula is C20H23N5O2. The lowest BCUT2D eigenvalue weighted by Gasteiger charge is -2.21. The Bertz CT molecular complexity index is 873. The highest BCUT2D eigenvalue weighted by molar-refractivity contribution is 5.60. The predicted molar refractivity (Wildman–Crippen MR) is 106 cm³/mol. The van der Waals surface area contributed by atoms with E-state index in [1.54, 1.807) is 20.4 Å². The molecular weight excluding hydrogens is 342 g/mol. The molecule has 0 bridgehead atoms. The number of aromatic nitrogens is 3. The second-order valence-electron chi connectivity index (χ2n) is 5.83. The van der Waals surface area contributed by atoms with Crippen molar-refractivity contribution in [2.45, 2.75) is 13.5 Å². The molecule has 0 aliphatic rings. The van der Waals surface area contributed by atoms with E-state index in [0.717, 1.165) is 24.6 Å². The average molecular weight is 365 g/mol. The number of hydrogen-bond acceptors (Lipinski definition) is 7. The van der Waals surface area contributed by atoms with Gasteiger partial charge in [0.25, 0.3) is 0 Å². The Balaban J connectivity index is 1.78. The van der Waals surface area contributed by atoms with E-state index in [9.17, 15) is 0 Å². The molecule has 140 valence electrons. The summed E-state index contributed by atoms with van der Waals surface area (Å²) in [5.41, 5.74) is 2.00. The van der Waals surface area contributed by atoms with Crippen LogP contribution in [0.3, 0.4) is 0 Å². The average Bonchev–Trinajstić information content (AvgIpc) is 2.73. The fourth-order valence-corrected chi connectivity index (χ4v) is 2.70. The van der Waals surface area contributed by atoms with Gasteiger partial charge in [0.2, 0.25) is 5.95 Å². The highest BCUT2D eigenvalue weighted by atomic mass is 16.5. The third kappa shape index (κ3) is 4.63. The van der Waals surface area contributed by atoms with E-state index in [-0.39, 0.29) is 0 Å². The molecule has 7 nitrogen and oxygen atoms in total. The summed E-state index contributed by atoms with van der Waals surface area (Å²) < 4.78 is 10.6. The van der Waals surface area contributed by atoms with Crippen LogP contribution in [-0.4, -0.2) is 35.9 Å². The summed E-state index contributed by atoms with van der Waals surface area (Å²) in [6.07, 6.45) is 1.67. The largest absolute Gasteiger partial charge is 0.493 e. The van der Waals surface area contributed by atoms with Gasteiger partial charge in [-0.05, 0) is 24.6 Å². The summed E-state index contributed by atoms with van der Waals surface area (Å²) in [5, 5.41) is 11.3. The van der Waals surface area contributed by atoms with Crippen molar-refractivity contribution in [3.8, 4) is 11.5 Å². The lowest BCUT2D eigenvalue weighted by atomic mass is 10.2. The SMILES string of the molecule is CCN(Cc1ccccc1)c1cnnc(Nc2ccc(OC)c(OC)c2)n1. The molecule has 0 unspecified atom stereocenters. The summed E-state index contributed by atoms with van der Waals surface area (Å²) in [6, 6.07) is 15.8. The van der Waals surface area contributed by atoms with Crippen molar-refractivity contribution in [3.63, 3.8) is 0 Å². The molecule has 0 saturated carbocycles. The number of nitrogens with one attached hydrogen (secondary N) is 1. The lowest BCUT2D eigenvalue weighted by molar-refractivity contribution is 0.355. The van der Waals surface area contributed by atoms with Crippen LogP contribution in [-0.2, 0) is 6.54 Å². The van der Waals surface area contributed by atoms with E-state index < -0.39 is 0 Å². The molecule has 2 aromatic carbocycles. The summed E-state index contributed by atoms with van der Waals surface area (Å²) in [5.74, 6) is 2.48. The van der Waals surface area contributed by atoms with Crippen molar-refractivity contribution in [2.24, 2.45) is 0 Å². The zero-order chi connectivity index (χ0) is 19.1. The van der Waals surface area contributed by atoms with Crippen LogP contribution in [0.5, 0.6) is 11.5 Å². The Morgan fingerprint density at radius 3 is 2.48 bits per heavy atom. The second-order valence-corrected chi connectivity index (χ2v) is 5.83. The molecule has 0 fully saturated rings. The quantitative estimate of drug-likeness (QED) is 0.653. The molecule has 3 rings (SSSR count). The third-order valence-electron chi connectivity index (χ3n) is 4.11. The van der Waals surface area contributed by atoms with Crippen LogP contribution in [0.25, 0.3) is 0 Å². The minimum absolute atomic E-state index is 0.422. The molecule has 3 aromatic rings. The van der Waals surface area contributed by atoms with Gasteiger partial charge >= 0.3 is 0 Å². The van der Waals surface area contributed by atoms with Crippen LogP contribution in [0.4, 0.5) is 17.5 Å². The van der Waals surface area contributed by atoms with Crippen molar-refractivity contribution in [3.05, 3.63) is 60.3 Å². The number of nitrogens with zero attached hydrogens (tertiary/aromatic N) is 4. The molecule has 27 heavy (non-hydrogen) atoms. The van der Waals surface area contributed by atoms with E-state index in [2.05, 4.69) is 44.5 Å². The Hall–Kier alpha value is -3.35. The first-order valence-corrected chi connectivity index (χ1v) is 8.71. The summed E-state index contributed by atoms with van der Waals surface area (Å²) in [7, 11) is 3.20. The summed E-state index contributed by atoms with van der Waals surface area (Å²) in [4.78, 5) is 6.75. The molecule has 0 atom stereocenters. The van der Waals surface area contributed by atoms with E-state index in [0.29, 0.717) is 17.4 Å². The van der Waals surface area contributed by atoms with Gasteiger partial charge in [-0.1, -0.05) is 30.3 Å². The number of hydrogen-bond donors (Lipinski definition) is 1. The van der Waals surface area contributed by atoms with Crippen molar-refractivity contribution >= 4 is 17.5 Å².